The number of allylic oxidation sites excluding steroid dienone is 1. The third-order valence-corrected chi connectivity index (χ3v) is 4.35. The monoisotopic (exact) mass is 335 g/mol. The van der Waals surface area contributed by atoms with Crippen molar-refractivity contribution in [2.45, 2.75) is 34.6 Å². The molecule has 0 spiro atoms. The molecule has 0 radical (unpaired) electrons. The molecule has 0 saturated heterocycles. The third-order valence-electron chi connectivity index (χ3n) is 4.35. The first-order chi connectivity index (χ1) is 12.0. The van der Waals surface area contributed by atoms with Crippen LogP contribution in [0.15, 0.2) is 60.7 Å². The molecule has 25 heavy (non-hydrogen) atoms. The SMILES string of the molecule is CC(=CCN(CC(C)C)CC(C)C)c1ccc(-c2ccccc2)cc1. The first kappa shape index (κ1) is 19.5. The Hall–Kier alpha value is -1.86. The van der Waals surface area contributed by atoms with Gasteiger partial charge in [-0.3, -0.25) is 4.90 Å². The van der Waals surface area contributed by atoms with Gasteiger partial charge in [0.25, 0.3) is 0 Å². The van der Waals surface area contributed by atoms with Crippen LogP contribution >= 0.6 is 0 Å². The Morgan fingerprint density at radius 3 is 1.84 bits per heavy atom. The van der Waals surface area contributed by atoms with Crippen LogP contribution in [-0.4, -0.2) is 24.5 Å². The molecule has 0 aliphatic heterocycles. The van der Waals surface area contributed by atoms with Crippen LogP contribution in [0.2, 0.25) is 0 Å². The van der Waals surface area contributed by atoms with Gasteiger partial charge in [0, 0.05) is 19.6 Å². The summed E-state index contributed by atoms with van der Waals surface area (Å²) in [6.45, 7) is 14.8. The molecule has 2 rings (SSSR count). The molecule has 0 amide bonds. The Labute approximate surface area is 154 Å². The minimum atomic E-state index is 0.706. The Kier molecular flexibility index (Phi) is 7.46. The van der Waals surface area contributed by atoms with Gasteiger partial charge in [-0.25, -0.2) is 0 Å². The van der Waals surface area contributed by atoms with Gasteiger partial charge in [-0.15, -0.1) is 0 Å². The number of hydrogen-bond acceptors (Lipinski definition) is 1. The number of rotatable bonds is 8. The Bertz CT molecular complexity index is 640. The molecule has 0 aliphatic rings. The molecule has 2 aromatic rings. The molecular formula is C24H33N. The van der Waals surface area contributed by atoms with Crippen LogP contribution in [0, 0.1) is 11.8 Å². The molecule has 0 bridgehead atoms. The molecule has 0 unspecified atom stereocenters. The highest BCUT2D eigenvalue weighted by Crippen LogP contribution is 2.22. The van der Waals surface area contributed by atoms with E-state index in [-0.39, 0.29) is 0 Å². The number of hydrogen-bond donors (Lipinski definition) is 0. The molecule has 0 saturated carbocycles. The van der Waals surface area contributed by atoms with Crippen LogP contribution in [0.5, 0.6) is 0 Å². The van der Waals surface area contributed by atoms with E-state index in [1.54, 1.807) is 0 Å². The van der Waals surface area contributed by atoms with Crippen molar-refractivity contribution in [2.24, 2.45) is 11.8 Å². The van der Waals surface area contributed by atoms with Crippen molar-refractivity contribution in [3.8, 4) is 11.1 Å². The summed E-state index contributed by atoms with van der Waals surface area (Å²) in [4.78, 5) is 2.57. The summed E-state index contributed by atoms with van der Waals surface area (Å²) in [5.41, 5.74) is 5.22. The zero-order valence-electron chi connectivity index (χ0n) is 16.5. The second kappa shape index (κ2) is 9.58. The fraction of sp³-hybridized carbons (Fsp3) is 0.417. The lowest BCUT2D eigenvalue weighted by molar-refractivity contribution is 0.241. The lowest BCUT2D eigenvalue weighted by atomic mass is 10.0. The Morgan fingerprint density at radius 2 is 1.32 bits per heavy atom. The Balaban J connectivity index is 2.05. The highest BCUT2D eigenvalue weighted by Gasteiger charge is 2.08. The Morgan fingerprint density at radius 1 is 0.800 bits per heavy atom. The van der Waals surface area contributed by atoms with Crippen LogP contribution in [0.3, 0.4) is 0 Å². The van der Waals surface area contributed by atoms with Crippen LogP contribution in [0.1, 0.15) is 40.2 Å². The predicted octanol–water partition coefficient (Wildman–Crippen LogP) is 6.37. The van der Waals surface area contributed by atoms with E-state index in [0.717, 1.165) is 19.6 Å². The number of benzene rings is 2. The molecule has 1 nitrogen and oxygen atoms in total. The van der Waals surface area contributed by atoms with Gasteiger partial charge in [0.1, 0.15) is 0 Å². The highest BCUT2D eigenvalue weighted by atomic mass is 15.1. The van der Waals surface area contributed by atoms with Crippen molar-refractivity contribution < 1.29 is 0 Å². The minimum Gasteiger partial charge on any atom is -0.299 e. The van der Waals surface area contributed by atoms with Crippen molar-refractivity contribution in [3.63, 3.8) is 0 Å². The minimum absolute atomic E-state index is 0.706. The summed E-state index contributed by atoms with van der Waals surface area (Å²) in [7, 11) is 0. The van der Waals surface area contributed by atoms with Gasteiger partial charge in [0.2, 0.25) is 0 Å². The topological polar surface area (TPSA) is 3.24 Å². The van der Waals surface area contributed by atoms with E-state index in [9.17, 15) is 0 Å². The van der Waals surface area contributed by atoms with Crippen LogP contribution in [-0.2, 0) is 0 Å². The lowest BCUT2D eigenvalue weighted by Crippen LogP contribution is -2.31. The lowest BCUT2D eigenvalue weighted by Gasteiger charge is -2.25. The van der Waals surface area contributed by atoms with Gasteiger partial charge >= 0.3 is 0 Å². The standard InChI is InChI=1S/C24H33N/c1-19(2)17-25(18-20(3)4)16-15-21(5)22-11-13-24(14-12-22)23-9-7-6-8-10-23/h6-15,19-20H,16-18H2,1-5H3. The molecule has 2 aromatic carbocycles. The largest absolute Gasteiger partial charge is 0.299 e. The summed E-state index contributed by atoms with van der Waals surface area (Å²) in [6.07, 6.45) is 2.38. The maximum absolute atomic E-state index is 2.57. The average Bonchev–Trinajstić information content (AvgIpc) is 2.59. The molecule has 0 N–H and O–H groups in total. The van der Waals surface area contributed by atoms with Crippen LogP contribution in [0.25, 0.3) is 16.7 Å². The molecule has 0 fully saturated rings. The summed E-state index contributed by atoms with van der Waals surface area (Å²) in [5, 5.41) is 0. The molecular weight excluding hydrogens is 302 g/mol. The van der Waals surface area contributed by atoms with Gasteiger partial charge in [0.05, 0.1) is 0 Å². The smallest absolute Gasteiger partial charge is 0.0169 e. The molecule has 134 valence electrons. The second-order valence-corrected chi connectivity index (χ2v) is 7.84. The molecule has 0 heterocycles. The number of nitrogens with zero attached hydrogens (tertiary/aromatic N) is 1. The highest BCUT2D eigenvalue weighted by molar-refractivity contribution is 5.69. The summed E-state index contributed by atoms with van der Waals surface area (Å²) < 4.78 is 0. The first-order valence-electron chi connectivity index (χ1n) is 9.50. The van der Waals surface area contributed by atoms with Crippen molar-refractivity contribution in [1.82, 2.24) is 4.90 Å². The van der Waals surface area contributed by atoms with Crippen molar-refractivity contribution in [2.75, 3.05) is 19.6 Å². The van der Waals surface area contributed by atoms with E-state index >= 15 is 0 Å². The summed E-state index contributed by atoms with van der Waals surface area (Å²) >= 11 is 0. The van der Waals surface area contributed by atoms with E-state index in [0.29, 0.717) is 11.8 Å². The third kappa shape index (κ3) is 6.51. The van der Waals surface area contributed by atoms with Crippen molar-refractivity contribution in [3.05, 3.63) is 66.2 Å². The van der Waals surface area contributed by atoms with Gasteiger partial charge in [0.15, 0.2) is 0 Å². The molecule has 0 aliphatic carbocycles. The van der Waals surface area contributed by atoms with Gasteiger partial charge in [-0.1, -0.05) is 88.4 Å². The fourth-order valence-corrected chi connectivity index (χ4v) is 3.20. The predicted molar refractivity (Wildman–Crippen MR) is 112 cm³/mol. The van der Waals surface area contributed by atoms with E-state index in [1.807, 2.05) is 0 Å². The second-order valence-electron chi connectivity index (χ2n) is 7.84. The zero-order chi connectivity index (χ0) is 18.2. The van der Waals surface area contributed by atoms with Crippen molar-refractivity contribution in [1.29, 1.82) is 0 Å². The van der Waals surface area contributed by atoms with E-state index in [2.05, 4.69) is 100 Å². The van der Waals surface area contributed by atoms with Gasteiger partial charge in [-0.05, 0) is 41.0 Å². The van der Waals surface area contributed by atoms with Gasteiger partial charge < -0.3 is 0 Å². The normalized spacial score (nSPS) is 12.4. The molecule has 0 atom stereocenters. The summed E-state index contributed by atoms with van der Waals surface area (Å²) in [5.74, 6) is 1.41. The average molecular weight is 336 g/mol. The van der Waals surface area contributed by atoms with Crippen LogP contribution < -0.4 is 0 Å². The summed E-state index contributed by atoms with van der Waals surface area (Å²) in [6, 6.07) is 19.5. The molecule has 0 aromatic heterocycles. The van der Waals surface area contributed by atoms with Gasteiger partial charge in [-0.2, -0.15) is 0 Å². The van der Waals surface area contributed by atoms with E-state index in [4.69, 9.17) is 0 Å². The maximum Gasteiger partial charge on any atom is 0.0169 e. The van der Waals surface area contributed by atoms with Crippen LogP contribution in [0.4, 0.5) is 0 Å². The van der Waals surface area contributed by atoms with Crippen molar-refractivity contribution >= 4 is 5.57 Å². The quantitative estimate of drug-likeness (QED) is 0.541. The van der Waals surface area contributed by atoms with E-state index in [1.165, 1.54) is 22.3 Å². The first-order valence-corrected chi connectivity index (χ1v) is 9.50. The van der Waals surface area contributed by atoms with E-state index < -0.39 is 0 Å². The fourth-order valence-electron chi connectivity index (χ4n) is 3.20. The molecule has 1 heteroatoms. The maximum atomic E-state index is 2.57. The zero-order valence-corrected chi connectivity index (χ0v) is 16.5.